The van der Waals surface area contributed by atoms with Crippen LogP contribution in [0.3, 0.4) is 0 Å². The zero-order chi connectivity index (χ0) is 14.1. The molecule has 0 radical (unpaired) electrons. The summed E-state index contributed by atoms with van der Waals surface area (Å²) in [5, 5.41) is 0.657. The van der Waals surface area contributed by atoms with Crippen molar-refractivity contribution in [2.75, 3.05) is 0 Å². The first kappa shape index (κ1) is 13.1. The molecule has 4 nitrogen and oxygen atoms in total. The van der Waals surface area contributed by atoms with Crippen molar-refractivity contribution in [3.63, 3.8) is 0 Å². The Labute approximate surface area is 124 Å². The number of hydrogen-bond donors (Lipinski definition) is 0. The van der Waals surface area contributed by atoms with Gasteiger partial charge in [-0.1, -0.05) is 11.6 Å². The van der Waals surface area contributed by atoms with Crippen molar-refractivity contribution in [1.82, 2.24) is 9.38 Å². The third kappa shape index (κ3) is 2.69. The predicted molar refractivity (Wildman–Crippen MR) is 79.9 cm³/mol. The summed E-state index contributed by atoms with van der Waals surface area (Å²) in [5.41, 5.74) is 0.529. The van der Waals surface area contributed by atoms with Crippen LogP contribution in [0.2, 0.25) is 5.02 Å². The lowest BCUT2D eigenvalue weighted by Crippen LogP contribution is -2.14. The van der Waals surface area contributed by atoms with Gasteiger partial charge in [-0.05, 0) is 31.2 Å². The summed E-state index contributed by atoms with van der Waals surface area (Å²) in [6, 6.07) is 8.57. The Balaban J connectivity index is 1.84. The van der Waals surface area contributed by atoms with E-state index in [-0.39, 0.29) is 12.2 Å². The maximum absolute atomic E-state index is 11.9. The fraction of sp³-hybridized carbons (Fsp3) is 0.143. The molecule has 0 aliphatic carbocycles. The quantitative estimate of drug-likeness (QED) is 0.746. The molecule has 0 amide bonds. The van der Waals surface area contributed by atoms with Gasteiger partial charge in [0.05, 0.1) is 5.69 Å². The van der Waals surface area contributed by atoms with Crippen molar-refractivity contribution < 1.29 is 4.74 Å². The first-order valence-corrected chi connectivity index (χ1v) is 7.18. The van der Waals surface area contributed by atoms with E-state index in [0.29, 0.717) is 21.4 Å². The lowest BCUT2D eigenvalue weighted by atomic mass is 10.3. The Bertz CT molecular complexity index is 808. The number of aryl methyl sites for hydroxylation is 1. The molecule has 0 aliphatic rings. The second kappa shape index (κ2) is 5.26. The molecule has 20 heavy (non-hydrogen) atoms. The zero-order valence-electron chi connectivity index (χ0n) is 10.7. The summed E-state index contributed by atoms with van der Waals surface area (Å²) < 4.78 is 7.14. The smallest absolute Gasteiger partial charge is 0.258 e. The van der Waals surface area contributed by atoms with Crippen molar-refractivity contribution in [2.45, 2.75) is 13.5 Å². The van der Waals surface area contributed by atoms with Crippen LogP contribution < -0.4 is 10.3 Å². The van der Waals surface area contributed by atoms with Crippen LogP contribution in [0, 0.1) is 6.92 Å². The molecule has 6 heteroatoms. The van der Waals surface area contributed by atoms with Gasteiger partial charge in [0.25, 0.3) is 5.56 Å². The lowest BCUT2D eigenvalue weighted by molar-refractivity contribution is 0.301. The zero-order valence-corrected chi connectivity index (χ0v) is 12.2. The lowest BCUT2D eigenvalue weighted by Gasteiger charge is -2.05. The van der Waals surface area contributed by atoms with Gasteiger partial charge in [0.1, 0.15) is 12.4 Å². The number of thiazole rings is 1. The largest absolute Gasteiger partial charge is 0.487 e. The van der Waals surface area contributed by atoms with Crippen molar-refractivity contribution in [3.05, 3.63) is 62.5 Å². The summed E-state index contributed by atoms with van der Waals surface area (Å²) >= 11 is 7.29. The van der Waals surface area contributed by atoms with Crippen LogP contribution in [0.5, 0.6) is 5.75 Å². The van der Waals surface area contributed by atoms with E-state index < -0.39 is 0 Å². The Morgan fingerprint density at radius 1 is 1.35 bits per heavy atom. The number of aromatic nitrogens is 2. The molecule has 3 aromatic rings. The first-order valence-electron chi connectivity index (χ1n) is 5.99. The minimum absolute atomic E-state index is 0.0888. The van der Waals surface area contributed by atoms with Crippen LogP contribution in [0.15, 0.2) is 41.3 Å². The van der Waals surface area contributed by atoms with Gasteiger partial charge >= 0.3 is 0 Å². The van der Waals surface area contributed by atoms with E-state index in [0.717, 1.165) is 4.88 Å². The van der Waals surface area contributed by atoms with Crippen molar-refractivity contribution in [3.8, 4) is 5.75 Å². The van der Waals surface area contributed by atoms with Gasteiger partial charge in [0.15, 0.2) is 4.96 Å². The van der Waals surface area contributed by atoms with Crippen LogP contribution in [0.4, 0.5) is 0 Å². The van der Waals surface area contributed by atoms with Gasteiger partial charge < -0.3 is 4.74 Å². The minimum Gasteiger partial charge on any atom is -0.487 e. The van der Waals surface area contributed by atoms with E-state index in [1.165, 1.54) is 17.4 Å². The number of rotatable bonds is 3. The van der Waals surface area contributed by atoms with E-state index >= 15 is 0 Å². The van der Waals surface area contributed by atoms with E-state index in [1.807, 2.05) is 6.92 Å². The van der Waals surface area contributed by atoms with Crippen LogP contribution in [-0.4, -0.2) is 9.38 Å². The highest BCUT2D eigenvalue weighted by Gasteiger charge is 2.06. The third-order valence-corrected chi connectivity index (χ3v) is 3.89. The van der Waals surface area contributed by atoms with Crippen molar-refractivity contribution in [1.29, 1.82) is 0 Å². The number of nitrogens with zero attached hydrogens (tertiary/aromatic N) is 2. The molecule has 0 fully saturated rings. The standard InChI is InChI=1S/C14H11ClN2O2S/c1-9-7-17-13(18)6-11(16-14(17)20-9)8-19-12-4-2-10(15)3-5-12/h2-7H,8H2,1H3. The van der Waals surface area contributed by atoms with Gasteiger partial charge in [0.2, 0.25) is 0 Å². The monoisotopic (exact) mass is 306 g/mol. The molecule has 0 saturated heterocycles. The second-order valence-corrected chi connectivity index (χ2v) is 5.97. The molecule has 2 aromatic heterocycles. The van der Waals surface area contributed by atoms with E-state index in [9.17, 15) is 4.79 Å². The van der Waals surface area contributed by atoms with Crippen molar-refractivity contribution in [2.24, 2.45) is 0 Å². The Morgan fingerprint density at radius 2 is 2.10 bits per heavy atom. The molecule has 1 aromatic carbocycles. The number of halogens is 1. The SMILES string of the molecule is Cc1cn2c(=O)cc(COc3ccc(Cl)cc3)nc2s1. The molecule has 0 bridgehead atoms. The van der Waals surface area contributed by atoms with E-state index in [1.54, 1.807) is 34.9 Å². The number of ether oxygens (including phenoxy) is 1. The van der Waals surface area contributed by atoms with Crippen LogP contribution in [0.25, 0.3) is 4.96 Å². The number of benzene rings is 1. The van der Waals surface area contributed by atoms with Crippen LogP contribution in [-0.2, 0) is 6.61 Å². The Morgan fingerprint density at radius 3 is 2.85 bits per heavy atom. The van der Waals surface area contributed by atoms with Crippen molar-refractivity contribution >= 4 is 27.9 Å². The summed E-state index contributed by atoms with van der Waals surface area (Å²) in [7, 11) is 0. The molecule has 0 aliphatic heterocycles. The molecule has 0 saturated carbocycles. The number of fused-ring (bicyclic) bond motifs is 1. The molecular weight excluding hydrogens is 296 g/mol. The topological polar surface area (TPSA) is 43.6 Å². The molecule has 2 heterocycles. The van der Waals surface area contributed by atoms with Crippen LogP contribution >= 0.6 is 22.9 Å². The summed E-state index contributed by atoms with van der Waals surface area (Å²) in [4.78, 5) is 18.1. The molecule has 0 N–H and O–H groups in total. The average Bonchev–Trinajstić information content (AvgIpc) is 2.79. The highest BCUT2D eigenvalue weighted by atomic mass is 35.5. The van der Waals surface area contributed by atoms with E-state index in [2.05, 4.69) is 4.98 Å². The van der Waals surface area contributed by atoms with Gasteiger partial charge in [-0.3, -0.25) is 9.20 Å². The summed E-state index contributed by atoms with van der Waals surface area (Å²) in [6.45, 7) is 2.20. The first-order chi connectivity index (χ1) is 9.61. The molecular formula is C14H11ClN2O2S. The normalized spacial score (nSPS) is 10.9. The third-order valence-electron chi connectivity index (χ3n) is 2.74. The molecule has 0 atom stereocenters. The maximum atomic E-state index is 11.9. The minimum atomic E-state index is -0.0888. The van der Waals surface area contributed by atoms with Crippen LogP contribution in [0.1, 0.15) is 10.6 Å². The second-order valence-electron chi connectivity index (χ2n) is 4.32. The maximum Gasteiger partial charge on any atom is 0.258 e. The highest BCUT2D eigenvalue weighted by molar-refractivity contribution is 7.16. The molecule has 3 rings (SSSR count). The summed E-state index contributed by atoms with van der Waals surface area (Å²) in [6.07, 6.45) is 1.79. The highest BCUT2D eigenvalue weighted by Crippen LogP contribution is 2.17. The molecule has 0 spiro atoms. The van der Waals surface area contributed by atoms with Gasteiger partial charge in [-0.25, -0.2) is 4.98 Å². The van der Waals surface area contributed by atoms with E-state index in [4.69, 9.17) is 16.3 Å². The summed E-state index contributed by atoms with van der Waals surface area (Å²) in [5.74, 6) is 0.693. The average molecular weight is 307 g/mol. The fourth-order valence-electron chi connectivity index (χ4n) is 1.82. The predicted octanol–water partition coefficient (Wildman–Crippen LogP) is 3.30. The number of hydrogen-bond acceptors (Lipinski definition) is 4. The Kier molecular flexibility index (Phi) is 3.46. The Hall–Kier alpha value is -1.85. The molecule has 0 unspecified atom stereocenters. The molecule has 102 valence electrons. The fourth-order valence-corrected chi connectivity index (χ4v) is 2.80. The van der Waals surface area contributed by atoms with Gasteiger partial charge in [-0.15, -0.1) is 11.3 Å². The van der Waals surface area contributed by atoms with Gasteiger partial charge in [-0.2, -0.15) is 0 Å². The van der Waals surface area contributed by atoms with Gasteiger partial charge in [0, 0.05) is 22.2 Å².